The molecule has 0 N–H and O–H groups in total. The molecule has 186 valence electrons. The van der Waals surface area contributed by atoms with Crippen molar-refractivity contribution >= 4 is 51.4 Å². The largest absolute Gasteiger partial charge is 0.490 e. The van der Waals surface area contributed by atoms with Crippen molar-refractivity contribution < 1.29 is 19.1 Å². The molecule has 2 amide bonds. The van der Waals surface area contributed by atoms with Crippen LogP contribution in [0.5, 0.6) is 11.5 Å². The summed E-state index contributed by atoms with van der Waals surface area (Å²) in [5.41, 5.74) is 2.54. The number of ether oxygens (including phenoxy) is 2. The Balaban J connectivity index is 1.35. The third-order valence-corrected chi connectivity index (χ3v) is 7.26. The van der Waals surface area contributed by atoms with Crippen molar-refractivity contribution in [1.29, 1.82) is 0 Å². The molecule has 0 aliphatic carbocycles. The first kappa shape index (κ1) is 24.9. The Kier molecular flexibility index (Phi) is 7.49. The summed E-state index contributed by atoms with van der Waals surface area (Å²) in [5, 5.41) is 2.50. The van der Waals surface area contributed by atoms with Gasteiger partial charge in [0, 0.05) is 5.02 Å². The topological polar surface area (TPSA) is 55.8 Å². The summed E-state index contributed by atoms with van der Waals surface area (Å²) < 4.78 is 12.0. The Morgan fingerprint density at radius 1 is 0.865 bits per heavy atom. The van der Waals surface area contributed by atoms with Gasteiger partial charge in [0.05, 0.1) is 18.1 Å². The molecule has 5 nitrogen and oxygen atoms in total. The molecular formula is C30H24ClNO4S. The molecule has 0 atom stereocenters. The summed E-state index contributed by atoms with van der Waals surface area (Å²) in [7, 11) is 0. The number of hydrogen-bond acceptors (Lipinski definition) is 5. The summed E-state index contributed by atoms with van der Waals surface area (Å²) >= 11 is 7.14. The second-order valence-corrected chi connectivity index (χ2v) is 9.83. The molecule has 0 aromatic heterocycles. The van der Waals surface area contributed by atoms with Gasteiger partial charge in [-0.3, -0.25) is 14.5 Å². The van der Waals surface area contributed by atoms with Gasteiger partial charge in [-0.1, -0.05) is 78.3 Å². The minimum absolute atomic E-state index is 0.132. The van der Waals surface area contributed by atoms with E-state index in [-0.39, 0.29) is 17.7 Å². The number of imide groups is 1. The van der Waals surface area contributed by atoms with Crippen molar-refractivity contribution in [2.45, 2.75) is 20.1 Å². The molecule has 5 rings (SSSR count). The minimum atomic E-state index is -0.343. The van der Waals surface area contributed by atoms with E-state index >= 15 is 0 Å². The molecule has 0 radical (unpaired) electrons. The van der Waals surface area contributed by atoms with Gasteiger partial charge in [0.2, 0.25) is 0 Å². The van der Waals surface area contributed by atoms with Gasteiger partial charge in [0.25, 0.3) is 11.1 Å². The van der Waals surface area contributed by atoms with Crippen LogP contribution >= 0.6 is 23.4 Å². The quantitative estimate of drug-likeness (QED) is 0.219. The maximum Gasteiger partial charge on any atom is 0.293 e. The monoisotopic (exact) mass is 529 g/mol. The minimum Gasteiger partial charge on any atom is -0.490 e. The van der Waals surface area contributed by atoms with Crippen LogP contribution in [0, 0.1) is 0 Å². The molecule has 7 heteroatoms. The fraction of sp³-hybridized carbons (Fsp3) is 0.133. The number of halogens is 1. The van der Waals surface area contributed by atoms with Crippen LogP contribution in [0.2, 0.25) is 5.02 Å². The summed E-state index contributed by atoms with van der Waals surface area (Å²) in [6.45, 7) is 2.89. The van der Waals surface area contributed by atoms with Crippen LogP contribution in [0.4, 0.5) is 4.79 Å². The van der Waals surface area contributed by atoms with Crippen molar-refractivity contribution in [2.75, 3.05) is 6.61 Å². The molecule has 0 unspecified atom stereocenters. The van der Waals surface area contributed by atoms with Crippen molar-refractivity contribution in [3.05, 3.63) is 112 Å². The Hall–Kier alpha value is -3.74. The van der Waals surface area contributed by atoms with Gasteiger partial charge in [0.1, 0.15) is 6.61 Å². The molecule has 1 aliphatic heterocycles. The van der Waals surface area contributed by atoms with Crippen molar-refractivity contribution in [2.24, 2.45) is 0 Å². The lowest BCUT2D eigenvalue weighted by atomic mass is 10.1. The number of carbonyl (C=O) groups excluding carboxylic acids is 2. The summed E-state index contributed by atoms with van der Waals surface area (Å²) in [5.74, 6) is 0.842. The molecule has 0 bridgehead atoms. The first-order chi connectivity index (χ1) is 18.0. The molecule has 4 aromatic carbocycles. The second-order valence-electron chi connectivity index (χ2n) is 8.43. The summed E-state index contributed by atoms with van der Waals surface area (Å²) in [6, 6.07) is 27.0. The zero-order chi connectivity index (χ0) is 25.8. The number of thioether (sulfide) groups is 1. The molecule has 4 aromatic rings. The van der Waals surface area contributed by atoms with Crippen LogP contribution < -0.4 is 9.47 Å². The van der Waals surface area contributed by atoms with Gasteiger partial charge >= 0.3 is 0 Å². The molecular weight excluding hydrogens is 506 g/mol. The van der Waals surface area contributed by atoms with Gasteiger partial charge in [-0.05, 0) is 70.4 Å². The highest BCUT2D eigenvalue weighted by atomic mass is 35.5. The van der Waals surface area contributed by atoms with E-state index in [1.165, 1.54) is 4.90 Å². The highest BCUT2D eigenvalue weighted by molar-refractivity contribution is 8.18. The van der Waals surface area contributed by atoms with Gasteiger partial charge in [-0.2, -0.15) is 0 Å². The second kappa shape index (κ2) is 11.1. The highest BCUT2D eigenvalue weighted by Gasteiger charge is 2.35. The Morgan fingerprint density at radius 3 is 2.46 bits per heavy atom. The average molecular weight is 530 g/mol. The fourth-order valence-corrected chi connectivity index (χ4v) is 5.19. The van der Waals surface area contributed by atoms with Gasteiger partial charge in [-0.15, -0.1) is 0 Å². The molecule has 37 heavy (non-hydrogen) atoms. The standard InChI is InChI=1S/C30H24ClNO4S/c1-2-35-27-16-20(14-15-26(27)36-19-23-11-7-10-21-8-3-5-12-24(21)23)17-28-29(33)32(30(34)37-28)18-22-9-4-6-13-25(22)31/h3-17H,2,18-19H2,1H3/b28-17+. The number of amides is 2. The van der Waals surface area contributed by atoms with Crippen LogP contribution in [0.25, 0.3) is 16.8 Å². The summed E-state index contributed by atoms with van der Waals surface area (Å²) in [4.78, 5) is 27.1. The number of rotatable bonds is 8. The Bertz CT molecular complexity index is 1510. The zero-order valence-electron chi connectivity index (χ0n) is 20.1. The van der Waals surface area contributed by atoms with Crippen LogP contribution in [0.3, 0.4) is 0 Å². The lowest BCUT2D eigenvalue weighted by Gasteiger charge is -2.14. The highest BCUT2D eigenvalue weighted by Crippen LogP contribution is 2.36. The van der Waals surface area contributed by atoms with Crippen LogP contribution in [-0.4, -0.2) is 22.7 Å². The van der Waals surface area contributed by atoms with Crippen molar-refractivity contribution in [1.82, 2.24) is 4.90 Å². The number of carbonyl (C=O) groups is 2. The number of hydrogen-bond donors (Lipinski definition) is 0. The third-order valence-electron chi connectivity index (χ3n) is 5.99. The van der Waals surface area contributed by atoms with E-state index < -0.39 is 0 Å². The normalized spacial score (nSPS) is 14.5. The van der Waals surface area contributed by atoms with Crippen LogP contribution in [-0.2, 0) is 17.9 Å². The van der Waals surface area contributed by atoms with E-state index in [2.05, 4.69) is 24.3 Å². The number of fused-ring (bicyclic) bond motifs is 1. The Morgan fingerprint density at radius 2 is 1.62 bits per heavy atom. The summed E-state index contributed by atoms with van der Waals surface area (Å²) in [6.07, 6.45) is 1.70. The SMILES string of the molecule is CCOc1cc(/C=C2/SC(=O)N(Cc3ccccc3Cl)C2=O)ccc1OCc1cccc2ccccc12. The number of nitrogens with zero attached hydrogens (tertiary/aromatic N) is 1. The molecule has 1 saturated heterocycles. The lowest BCUT2D eigenvalue weighted by molar-refractivity contribution is -0.123. The third kappa shape index (κ3) is 5.50. The lowest BCUT2D eigenvalue weighted by Crippen LogP contribution is -2.27. The first-order valence-corrected chi connectivity index (χ1v) is 13.1. The maximum atomic E-state index is 13.0. The van der Waals surface area contributed by atoms with Gasteiger partial charge in [-0.25, -0.2) is 0 Å². The van der Waals surface area contributed by atoms with E-state index in [4.69, 9.17) is 21.1 Å². The average Bonchev–Trinajstić information content (AvgIpc) is 3.17. The van der Waals surface area contributed by atoms with Crippen molar-refractivity contribution in [3.63, 3.8) is 0 Å². The Labute approximate surface area is 224 Å². The smallest absolute Gasteiger partial charge is 0.293 e. The van der Waals surface area contributed by atoms with Crippen LogP contribution in [0.1, 0.15) is 23.6 Å². The fourth-order valence-electron chi connectivity index (χ4n) is 4.16. The maximum absolute atomic E-state index is 13.0. The molecule has 0 spiro atoms. The van der Waals surface area contributed by atoms with E-state index in [1.807, 2.05) is 55.5 Å². The molecule has 1 fully saturated rings. The zero-order valence-corrected chi connectivity index (χ0v) is 21.7. The predicted octanol–water partition coefficient (Wildman–Crippen LogP) is 7.71. The van der Waals surface area contributed by atoms with Crippen LogP contribution in [0.15, 0.2) is 89.8 Å². The van der Waals surface area contributed by atoms with E-state index in [0.29, 0.717) is 34.6 Å². The molecule has 1 aliphatic rings. The number of benzene rings is 4. The van der Waals surface area contributed by atoms with E-state index in [0.717, 1.165) is 39.2 Å². The predicted molar refractivity (Wildman–Crippen MR) is 149 cm³/mol. The van der Waals surface area contributed by atoms with Gasteiger partial charge in [0.15, 0.2) is 11.5 Å². The van der Waals surface area contributed by atoms with E-state index in [9.17, 15) is 9.59 Å². The first-order valence-electron chi connectivity index (χ1n) is 11.9. The van der Waals surface area contributed by atoms with Crippen molar-refractivity contribution in [3.8, 4) is 11.5 Å². The van der Waals surface area contributed by atoms with E-state index in [1.54, 1.807) is 18.2 Å². The van der Waals surface area contributed by atoms with Gasteiger partial charge < -0.3 is 9.47 Å². The molecule has 1 heterocycles. The molecule has 0 saturated carbocycles.